The molecule has 1 saturated carbocycles. The molecular weight excluding hydrogens is 348 g/mol. The van der Waals surface area contributed by atoms with Gasteiger partial charge in [-0.05, 0) is 70.1 Å². The molecule has 0 radical (unpaired) electrons. The molecule has 4 nitrogen and oxygen atoms in total. The summed E-state index contributed by atoms with van der Waals surface area (Å²) in [7, 11) is -3.49. The van der Waals surface area contributed by atoms with Crippen LogP contribution in [0.4, 0.5) is 0 Å². The summed E-state index contributed by atoms with van der Waals surface area (Å²) < 4.78 is 31.6. The summed E-state index contributed by atoms with van der Waals surface area (Å²) in [6.07, 6.45) is 7.14. The maximum atomic E-state index is 13.4. The summed E-state index contributed by atoms with van der Waals surface area (Å²) >= 11 is 0. The molecular formula is C21H26O4S. The molecule has 0 unspecified atom stereocenters. The number of aryl methyl sites for hydroxylation is 1. The third kappa shape index (κ3) is 3.50. The van der Waals surface area contributed by atoms with Gasteiger partial charge in [-0.2, -0.15) is 0 Å². The molecule has 0 saturated heterocycles. The van der Waals surface area contributed by atoms with E-state index in [1.807, 2.05) is 32.1 Å². The Morgan fingerprint density at radius 3 is 2.65 bits per heavy atom. The highest BCUT2D eigenvalue weighted by Gasteiger charge is 2.46. The predicted octanol–water partition coefficient (Wildman–Crippen LogP) is 4.50. The summed E-state index contributed by atoms with van der Waals surface area (Å²) in [5.74, 6) is 0. The Bertz CT molecular complexity index is 847. The van der Waals surface area contributed by atoms with Gasteiger partial charge in [0.15, 0.2) is 0 Å². The van der Waals surface area contributed by atoms with Gasteiger partial charge in [0.25, 0.3) is 6.47 Å². The van der Waals surface area contributed by atoms with Crippen molar-refractivity contribution in [3.63, 3.8) is 0 Å². The quantitative estimate of drug-likeness (QED) is 0.562. The third-order valence-corrected chi connectivity index (χ3v) is 7.83. The molecule has 26 heavy (non-hydrogen) atoms. The summed E-state index contributed by atoms with van der Waals surface area (Å²) in [6, 6.07) is 7.12. The lowest BCUT2D eigenvalue weighted by molar-refractivity contribution is -0.127. The van der Waals surface area contributed by atoms with E-state index in [0.29, 0.717) is 22.9 Å². The lowest BCUT2D eigenvalue weighted by Crippen LogP contribution is -2.28. The average molecular weight is 375 g/mol. The normalized spacial score (nSPS) is 25.1. The van der Waals surface area contributed by atoms with E-state index in [0.717, 1.165) is 49.7 Å². The zero-order valence-electron chi connectivity index (χ0n) is 15.5. The topological polar surface area (TPSA) is 60.4 Å². The highest BCUT2D eigenvalue weighted by molar-refractivity contribution is 7.95. The summed E-state index contributed by atoms with van der Waals surface area (Å²) in [5.41, 5.74) is 3.03. The van der Waals surface area contributed by atoms with Gasteiger partial charge < -0.3 is 4.74 Å². The number of hydrogen-bond donors (Lipinski definition) is 0. The molecule has 0 aromatic heterocycles. The number of allylic oxidation sites excluding steroid dienone is 3. The lowest BCUT2D eigenvalue weighted by atomic mass is 9.77. The van der Waals surface area contributed by atoms with Crippen molar-refractivity contribution in [3.8, 4) is 0 Å². The van der Waals surface area contributed by atoms with Crippen molar-refractivity contribution in [1.82, 2.24) is 0 Å². The van der Waals surface area contributed by atoms with Crippen molar-refractivity contribution >= 4 is 16.3 Å². The number of sulfone groups is 1. The fourth-order valence-corrected chi connectivity index (χ4v) is 6.21. The van der Waals surface area contributed by atoms with Gasteiger partial charge in [-0.25, -0.2) is 8.42 Å². The van der Waals surface area contributed by atoms with Crippen LogP contribution < -0.4 is 0 Å². The van der Waals surface area contributed by atoms with Gasteiger partial charge >= 0.3 is 0 Å². The molecule has 1 fully saturated rings. The second kappa shape index (κ2) is 7.39. The molecule has 1 atom stereocenters. The van der Waals surface area contributed by atoms with Crippen LogP contribution in [0.3, 0.4) is 0 Å². The SMILES string of the molecule is C/C(COC=O)=C1/CC[C@@]2(CCCC=C2S(=O)(=O)c2ccc(C)cc2)C1. The van der Waals surface area contributed by atoms with Crippen molar-refractivity contribution in [3.05, 3.63) is 52.0 Å². The van der Waals surface area contributed by atoms with E-state index in [1.165, 1.54) is 5.57 Å². The van der Waals surface area contributed by atoms with Gasteiger partial charge in [0.1, 0.15) is 6.61 Å². The maximum absolute atomic E-state index is 13.4. The first-order chi connectivity index (χ1) is 12.4. The standard InChI is InChI=1S/C21H26O4S/c1-16-6-8-19(9-7-16)26(23,24)20-5-3-4-11-21(20)12-10-18(13-21)17(2)14-25-15-22/h5-9,15H,3-4,10-14H2,1-2H3/b18-17+/t21-/m0/s1. The molecule has 0 bridgehead atoms. The first-order valence-corrected chi connectivity index (χ1v) is 10.6. The van der Waals surface area contributed by atoms with Crippen molar-refractivity contribution in [2.75, 3.05) is 6.61 Å². The molecule has 0 amide bonds. The van der Waals surface area contributed by atoms with Crippen LogP contribution >= 0.6 is 0 Å². The summed E-state index contributed by atoms with van der Waals surface area (Å²) in [4.78, 5) is 11.4. The highest BCUT2D eigenvalue weighted by Crippen LogP contribution is 2.55. The minimum atomic E-state index is -3.49. The van der Waals surface area contributed by atoms with Crippen LogP contribution in [-0.4, -0.2) is 21.5 Å². The smallest absolute Gasteiger partial charge is 0.293 e. The molecule has 1 aromatic rings. The minimum absolute atomic E-state index is 0.290. The number of benzene rings is 1. The minimum Gasteiger partial charge on any atom is -0.463 e. The Morgan fingerprint density at radius 1 is 1.23 bits per heavy atom. The van der Waals surface area contributed by atoms with E-state index >= 15 is 0 Å². The molecule has 3 rings (SSSR count). The highest BCUT2D eigenvalue weighted by atomic mass is 32.2. The molecule has 0 heterocycles. The third-order valence-electron chi connectivity index (χ3n) is 5.76. The molecule has 140 valence electrons. The second-order valence-electron chi connectivity index (χ2n) is 7.53. The Kier molecular flexibility index (Phi) is 5.37. The van der Waals surface area contributed by atoms with Crippen LogP contribution in [0.15, 0.2) is 51.3 Å². The second-order valence-corrected chi connectivity index (χ2v) is 9.44. The molecule has 5 heteroatoms. The van der Waals surface area contributed by atoms with Crippen molar-refractivity contribution < 1.29 is 17.9 Å². The number of carbonyl (C=O) groups excluding carboxylic acids is 1. The zero-order valence-corrected chi connectivity index (χ0v) is 16.3. The van der Waals surface area contributed by atoms with Crippen LogP contribution in [0.1, 0.15) is 51.0 Å². The van der Waals surface area contributed by atoms with Gasteiger partial charge in [-0.15, -0.1) is 0 Å². The van der Waals surface area contributed by atoms with Gasteiger partial charge in [-0.3, -0.25) is 4.79 Å². The van der Waals surface area contributed by atoms with E-state index in [-0.39, 0.29) is 5.41 Å². The number of rotatable bonds is 5. The molecule has 1 aromatic carbocycles. The predicted molar refractivity (Wildman–Crippen MR) is 101 cm³/mol. The van der Waals surface area contributed by atoms with Crippen molar-refractivity contribution in [1.29, 1.82) is 0 Å². The monoisotopic (exact) mass is 374 g/mol. The number of carbonyl (C=O) groups is 1. The van der Waals surface area contributed by atoms with Crippen LogP contribution in [0.2, 0.25) is 0 Å². The van der Waals surface area contributed by atoms with E-state index in [2.05, 4.69) is 0 Å². The average Bonchev–Trinajstić information content (AvgIpc) is 3.04. The Labute approximate surface area is 155 Å². The summed E-state index contributed by atoms with van der Waals surface area (Å²) in [6.45, 7) is 4.68. The Balaban J connectivity index is 1.95. The fraction of sp³-hybridized carbons (Fsp3) is 0.476. The van der Waals surface area contributed by atoms with E-state index in [4.69, 9.17) is 4.74 Å². The molecule has 0 aliphatic heterocycles. The van der Waals surface area contributed by atoms with Crippen LogP contribution in [0.25, 0.3) is 0 Å². The summed E-state index contributed by atoms with van der Waals surface area (Å²) in [5, 5.41) is 0. The lowest BCUT2D eigenvalue weighted by Gasteiger charge is -2.34. The largest absolute Gasteiger partial charge is 0.463 e. The molecule has 2 aliphatic carbocycles. The molecule has 2 aliphatic rings. The number of hydrogen-bond acceptors (Lipinski definition) is 4. The first kappa shape index (κ1) is 18.9. The van der Waals surface area contributed by atoms with Gasteiger partial charge in [0, 0.05) is 5.41 Å². The van der Waals surface area contributed by atoms with Crippen LogP contribution in [-0.2, 0) is 19.4 Å². The van der Waals surface area contributed by atoms with Gasteiger partial charge in [-0.1, -0.05) is 29.3 Å². The number of ether oxygens (including phenoxy) is 1. The van der Waals surface area contributed by atoms with E-state index in [9.17, 15) is 13.2 Å². The fourth-order valence-electron chi connectivity index (χ4n) is 4.28. The Morgan fingerprint density at radius 2 is 1.96 bits per heavy atom. The van der Waals surface area contributed by atoms with Gasteiger partial charge in [0.2, 0.25) is 9.84 Å². The first-order valence-electron chi connectivity index (χ1n) is 9.14. The van der Waals surface area contributed by atoms with E-state index < -0.39 is 9.84 Å². The Hall–Kier alpha value is -1.88. The molecule has 0 N–H and O–H groups in total. The van der Waals surface area contributed by atoms with Crippen molar-refractivity contribution in [2.24, 2.45) is 5.41 Å². The van der Waals surface area contributed by atoms with E-state index in [1.54, 1.807) is 12.1 Å². The zero-order chi connectivity index (χ0) is 18.8. The van der Waals surface area contributed by atoms with Crippen LogP contribution in [0.5, 0.6) is 0 Å². The van der Waals surface area contributed by atoms with Crippen LogP contribution in [0, 0.1) is 12.3 Å². The maximum Gasteiger partial charge on any atom is 0.293 e. The van der Waals surface area contributed by atoms with Gasteiger partial charge in [0.05, 0.1) is 9.80 Å². The van der Waals surface area contributed by atoms with Crippen molar-refractivity contribution in [2.45, 2.75) is 57.3 Å². The molecule has 1 spiro atoms.